The Bertz CT molecular complexity index is 3080. The highest BCUT2D eigenvalue weighted by Gasteiger charge is 2.35. The van der Waals surface area contributed by atoms with Crippen molar-refractivity contribution in [3.8, 4) is 33.7 Å². The Morgan fingerprint density at radius 2 is 1.17 bits per heavy atom. The molecule has 3 nitrogen and oxygen atoms in total. The highest BCUT2D eigenvalue weighted by molar-refractivity contribution is 7.25. The van der Waals surface area contributed by atoms with Crippen LogP contribution in [0.4, 0.5) is 17.1 Å². The Hall–Kier alpha value is -6.49. The van der Waals surface area contributed by atoms with E-state index in [0.717, 1.165) is 55.6 Å². The van der Waals surface area contributed by atoms with Crippen molar-refractivity contribution < 1.29 is 4.42 Å². The third kappa shape index (κ3) is 4.70. The molecule has 2 heterocycles. The van der Waals surface area contributed by atoms with Gasteiger partial charge in [-0.1, -0.05) is 123 Å². The van der Waals surface area contributed by atoms with E-state index in [2.05, 4.69) is 158 Å². The maximum atomic E-state index is 6.52. The summed E-state index contributed by atoms with van der Waals surface area (Å²) in [5.74, 6) is 0.629. The van der Waals surface area contributed by atoms with Gasteiger partial charge in [-0.3, -0.25) is 0 Å². The first-order valence-corrected chi connectivity index (χ1v) is 19.3. The first-order chi connectivity index (χ1) is 26.5. The number of aromatic nitrogens is 1. The number of anilines is 3. The standard InChI is InChI=1S/C50H34N2OS/c1-50(2)43-18-10-8-16-38(43)39-26-24-35(29-44(39)50)52(36-25-27-41-40-17-9-11-19-45(40)54-46(41)30-36)34-22-20-31(21-23-34)42-28-33-14-6-7-15-37(33)48-47(42)51-49(53-48)32-12-4-3-5-13-32/h3-30H,1-2H3. The van der Waals surface area contributed by atoms with E-state index in [-0.39, 0.29) is 5.41 Å². The van der Waals surface area contributed by atoms with Crippen LogP contribution < -0.4 is 4.90 Å². The molecule has 54 heavy (non-hydrogen) atoms. The number of fused-ring (bicyclic) bond motifs is 9. The molecule has 8 aromatic carbocycles. The van der Waals surface area contributed by atoms with Gasteiger partial charge in [-0.05, 0) is 93.9 Å². The van der Waals surface area contributed by atoms with E-state index < -0.39 is 0 Å². The Kier molecular flexibility index (Phi) is 6.77. The third-order valence-corrected chi connectivity index (χ3v) is 12.4. The maximum Gasteiger partial charge on any atom is 0.227 e. The first-order valence-electron chi connectivity index (χ1n) is 18.5. The molecular weight excluding hydrogens is 677 g/mol. The fourth-order valence-corrected chi connectivity index (χ4v) is 9.72. The fraction of sp³-hybridized carbons (Fsp3) is 0.0600. The molecule has 2 aromatic heterocycles. The molecule has 0 amide bonds. The second kappa shape index (κ2) is 11.8. The van der Waals surface area contributed by atoms with Crippen molar-refractivity contribution in [3.05, 3.63) is 181 Å². The number of rotatable bonds is 5. The molecule has 0 spiro atoms. The molecule has 0 atom stereocenters. The van der Waals surface area contributed by atoms with Crippen LogP contribution in [-0.4, -0.2) is 4.98 Å². The molecule has 0 N–H and O–H groups in total. The van der Waals surface area contributed by atoms with Crippen LogP contribution in [0.2, 0.25) is 0 Å². The molecule has 11 rings (SSSR count). The summed E-state index contributed by atoms with van der Waals surface area (Å²) in [4.78, 5) is 7.51. The first kappa shape index (κ1) is 31.1. The van der Waals surface area contributed by atoms with Crippen molar-refractivity contribution in [1.82, 2.24) is 4.98 Å². The Morgan fingerprint density at radius 3 is 2.04 bits per heavy atom. The second-order valence-corrected chi connectivity index (χ2v) is 15.9. The molecule has 0 saturated carbocycles. The Labute approximate surface area is 317 Å². The molecule has 0 fully saturated rings. The quantitative estimate of drug-likeness (QED) is 0.178. The van der Waals surface area contributed by atoms with Gasteiger partial charge in [0, 0.05) is 59.2 Å². The number of hydrogen-bond acceptors (Lipinski definition) is 4. The van der Waals surface area contributed by atoms with Gasteiger partial charge in [0.15, 0.2) is 5.58 Å². The molecule has 0 radical (unpaired) electrons. The smallest absolute Gasteiger partial charge is 0.227 e. The van der Waals surface area contributed by atoms with Crippen LogP contribution >= 0.6 is 11.3 Å². The monoisotopic (exact) mass is 710 g/mol. The van der Waals surface area contributed by atoms with Gasteiger partial charge in [0.25, 0.3) is 0 Å². The summed E-state index contributed by atoms with van der Waals surface area (Å²) in [6, 6.07) is 61.2. The minimum absolute atomic E-state index is 0.107. The molecule has 0 bridgehead atoms. The van der Waals surface area contributed by atoms with E-state index in [1.807, 2.05) is 41.7 Å². The van der Waals surface area contributed by atoms with Crippen LogP contribution in [0.5, 0.6) is 0 Å². The van der Waals surface area contributed by atoms with Crippen molar-refractivity contribution >= 4 is 70.4 Å². The zero-order valence-electron chi connectivity index (χ0n) is 29.9. The van der Waals surface area contributed by atoms with Gasteiger partial charge in [0.2, 0.25) is 5.89 Å². The number of oxazole rings is 1. The summed E-state index contributed by atoms with van der Waals surface area (Å²) in [5.41, 5.74) is 13.4. The summed E-state index contributed by atoms with van der Waals surface area (Å²) in [6.45, 7) is 4.70. The molecular formula is C50H34N2OS. The van der Waals surface area contributed by atoms with Crippen LogP contribution in [0.1, 0.15) is 25.0 Å². The lowest BCUT2D eigenvalue weighted by Gasteiger charge is -2.28. The molecule has 1 aliphatic carbocycles. The molecule has 0 unspecified atom stereocenters. The SMILES string of the molecule is CC1(C)c2ccccc2-c2ccc(N(c3ccc(-c4cc5ccccc5c5oc(-c6ccccc6)nc45)cc3)c3ccc4c(c3)sc3ccccc34)cc21. The summed E-state index contributed by atoms with van der Waals surface area (Å²) < 4.78 is 9.11. The largest absolute Gasteiger partial charge is 0.435 e. The van der Waals surface area contributed by atoms with Crippen LogP contribution in [0, 0.1) is 0 Å². The van der Waals surface area contributed by atoms with Crippen molar-refractivity contribution in [3.63, 3.8) is 0 Å². The van der Waals surface area contributed by atoms with Gasteiger partial charge in [-0.25, -0.2) is 4.98 Å². The summed E-state index contributed by atoms with van der Waals surface area (Å²) in [5, 5.41) is 4.79. The molecule has 1 aliphatic rings. The van der Waals surface area contributed by atoms with Gasteiger partial charge < -0.3 is 9.32 Å². The van der Waals surface area contributed by atoms with Crippen molar-refractivity contribution in [2.45, 2.75) is 19.3 Å². The van der Waals surface area contributed by atoms with Crippen LogP contribution in [0.15, 0.2) is 174 Å². The molecule has 4 heteroatoms. The minimum Gasteiger partial charge on any atom is -0.435 e. The van der Waals surface area contributed by atoms with E-state index in [1.165, 1.54) is 42.4 Å². The topological polar surface area (TPSA) is 29.3 Å². The second-order valence-electron chi connectivity index (χ2n) is 14.8. The van der Waals surface area contributed by atoms with Crippen LogP contribution in [0.25, 0.3) is 75.8 Å². The summed E-state index contributed by atoms with van der Waals surface area (Å²) >= 11 is 1.85. The fourth-order valence-electron chi connectivity index (χ4n) is 8.59. The number of nitrogens with zero attached hydrogens (tertiary/aromatic N) is 2. The maximum absolute atomic E-state index is 6.52. The van der Waals surface area contributed by atoms with Crippen molar-refractivity contribution in [2.75, 3.05) is 4.90 Å². The van der Waals surface area contributed by atoms with Gasteiger partial charge in [0.1, 0.15) is 5.52 Å². The summed E-state index contributed by atoms with van der Waals surface area (Å²) in [6.07, 6.45) is 0. The normalized spacial score (nSPS) is 13.1. The lowest BCUT2D eigenvalue weighted by atomic mass is 9.82. The minimum atomic E-state index is -0.107. The van der Waals surface area contributed by atoms with E-state index in [4.69, 9.17) is 9.40 Å². The van der Waals surface area contributed by atoms with Crippen LogP contribution in [-0.2, 0) is 5.41 Å². The average molecular weight is 711 g/mol. The highest BCUT2D eigenvalue weighted by Crippen LogP contribution is 2.51. The van der Waals surface area contributed by atoms with Crippen molar-refractivity contribution in [1.29, 1.82) is 0 Å². The lowest BCUT2D eigenvalue weighted by Crippen LogP contribution is -2.16. The molecule has 256 valence electrons. The molecule has 0 saturated heterocycles. The third-order valence-electron chi connectivity index (χ3n) is 11.3. The van der Waals surface area contributed by atoms with E-state index in [0.29, 0.717) is 5.89 Å². The predicted molar refractivity (Wildman–Crippen MR) is 228 cm³/mol. The van der Waals surface area contributed by atoms with E-state index >= 15 is 0 Å². The summed E-state index contributed by atoms with van der Waals surface area (Å²) in [7, 11) is 0. The van der Waals surface area contributed by atoms with E-state index in [1.54, 1.807) is 0 Å². The van der Waals surface area contributed by atoms with E-state index in [9.17, 15) is 0 Å². The zero-order valence-corrected chi connectivity index (χ0v) is 30.7. The predicted octanol–water partition coefficient (Wildman–Crippen LogP) is 14.5. The zero-order chi connectivity index (χ0) is 36.0. The van der Waals surface area contributed by atoms with Gasteiger partial charge in [0.05, 0.1) is 0 Å². The lowest BCUT2D eigenvalue weighted by molar-refractivity contribution is 0.623. The molecule has 0 aliphatic heterocycles. The number of benzene rings is 8. The number of hydrogen-bond donors (Lipinski definition) is 0. The van der Waals surface area contributed by atoms with Gasteiger partial charge in [-0.2, -0.15) is 0 Å². The van der Waals surface area contributed by atoms with Crippen molar-refractivity contribution in [2.24, 2.45) is 0 Å². The number of thiophene rings is 1. The Balaban J connectivity index is 1.07. The highest BCUT2D eigenvalue weighted by atomic mass is 32.1. The Morgan fingerprint density at radius 1 is 0.500 bits per heavy atom. The van der Waals surface area contributed by atoms with Gasteiger partial charge in [-0.15, -0.1) is 11.3 Å². The average Bonchev–Trinajstić information content (AvgIpc) is 3.90. The molecule has 10 aromatic rings. The van der Waals surface area contributed by atoms with Gasteiger partial charge >= 0.3 is 0 Å². The van der Waals surface area contributed by atoms with Crippen LogP contribution in [0.3, 0.4) is 0 Å².